The standard InChI is InChI=1S/C24H31N3OS/c1-4-24-9-5-10-26-11-8-18-17-7-6-16(29)12-19(17)27(21(18)22(24)26)20(13-24)23-25-14(2)15(3)28-23/h7,12-13,16,22-23,25,29H,4-6,8-11H2,1-3H3/t16?,22?,23?,24-/m0/s1. The third-order valence-electron chi connectivity index (χ3n) is 8.00. The van der Waals surface area contributed by atoms with E-state index in [0.717, 1.165) is 24.3 Å². The molecule has 0 amide bonds. The molecule has 5 aliphatic rings. The molecule has 1 aromatic heterocycles. The van der Waals surface area contributed by atoms with Crippen LogP contribution in [-0.4, -0.2) is 34.0 Å². The van der Waals surface area contributed by atoms with Crippen LogP contribution in [0, 0.1) is 5.41 Å². The number of hydrogen-bond donors (Lipinski definition) is 2. The third-order valence-corrected chi connectivity index (χ3v) is 8.36. The highest BCUT2D eigenvalue weighted by molar-refractivity contribution is 7.81. The van der Waals surface area contributed by atoms with E-state index in [-0.39, 0.29) is 16.9 Å². The normalized spacial score (nSPS) is 35.0. The van der Waals surface area contributed by atoms with E-state index in [1.54, 1.807) is 11.3 Å². The summed E-state index contributed by atoms with van der Waals surface area (Å²) in [6.45, 7) is 8.98. The molecule has 29 heavy (non-hydrogen) atoms. The molecule has 154 valence electrons. The monoisotopic (exact) mass is 409 g/mol. The van der Waals surface area contributed by atoms with Crippen LogP contribution in [0.3, 0.4) is 0 Å². The van der Waals surface area contributed by atoms with E-state index in [1.807, 2.05) is 0 Å². The van der Waals surface area contributed by atoms with Gasteiger partial charge < -0.3 is 14.6 Å². The maximum Gasteiger partial charge on any atom is 0.210 e. The zero-order valence-electron chi connectivity index (χ0n) is 17.7. The van der Waals surface area contributed by atoms with Gasteiger partial charge in [-0.3, -0.25) is 4.90 Å². The number of fused-ring (bicyclic) bond motifs is 3. The van der Waals surface area contributed by atoms with Crippen molar-refractivity contribution in [1.82, 2.24) is 14.8 Å². The first kappa shape index (κ1) is 18.2. The van der Waals surface area contributed by atoms with Crippen LogP contribution in [0.5, 0.6) is 0 Å². The molecule has 0 spiro atoms. The number of piperidine rings is 1. The molecule has 0 saturated carbocycles. The number of aromatic nitrogens is 1. The molecule has 1 saturated heterocycles. The summed E-state index contributed by atoms with van der Waals surface area (Å²) >= 11 is 4.81. The van der Waals surface area contributed by atoms with E-state index in [2.05, 4.69) is 53.8 Å². The summed E-state index contributed by atoms with van der Waals surface area (Å²) < 4.78 is 8.89. The van der Waals surface area contributed by atoms with Crippen LogP contribution < -0.4 is 15.9 Å². The van der Waals surface area contributed by atoms with Gasteiger partial charge in [-0.05, 0) is 69.4 Å². The number of nitrogens with one attached hydrogen (secondary N) is 1. The second-order valence-electron chi connectivity index (χ2n) is 9.44. The van der Waals surface area contributed by atoms with Gasteiger partial charge in [-0.1, -0.05) is 19.1 Å². The van der Waals surface area contributed by atoms with Crippen molar-refractivity contribution < 1.29 is 4.74 Å². The lowest BCUT2D eigenvalue weighted by molar-refractivity contribution is 0.0242. The van der Waals surface area contributed by atoms with Crippen molar-refractivity contribution >= 4 is 30.5 Å². The van der Waals surface area contributed by atoms with E-state index in [4.69, 9.17) is 17.4 Å². The smallest absolute Gasteiger partial charge is 0.210 e. The van der Waals surface area contributed by atoms with E-state index in [0.29, 0.717) is 6.04 Å². The Morgan fingerprint density at radius 3 is 2.93 bits per heavy atom. The quantitative estimate of drug-likeness (QED) is 0.736. The van der Waals surface area contributed by atoms with Gasteiger partial charge >= 0.3 is 0 Å². The SMILES string of the molecule is CC[C@@]12C=C(C3NC(C)=C(C)O3)n3c4c(c5c3=CC(S)CC=5)CCN(CCC1)C42. The van der Waals surface area contributed by atoms with Crippen LogP contribution in [0.4, 0.5) is 0 Å². The molecule has 1 N–H and O–H groups in total. The van der Waals surface area contributed by atoms with E-state index < -0.39 is 0 Å². The Morgan fingerprint density at radius 1 is 1.31 bits per heavy atom. The van der Waals surface area contributed by atoms with Gasteiger partial charge in [-0.2, -0.15) is 12.6 Å². The topological polar surface area (TPSA) is 29.4 Å². The van der Waals surface area contributed by atoms with Gasteiger partial charge in [0.2, 0.25) is 6.23 Å². The Labute approximate surface area is 178 Å². The average Bonchev–Trinajstić information content (AvgIpc) is 3.23. The molecule has 4 aliphatic heterocycles. The summed E-state index contributed by atoms with van der Waals surface area (Å²) in [5.41, 5.74) is 5.76. The van der Waals surface area contributed by atoms with Crippen molar-refractivity contribution in [2.45, 2.75) is 70.4 Å². The maximum absolute atomic E-state index is 6.33. The minimum Gasteiger partial charge on any atom is -0.468 e. The van der Waals surface area contributed by atoms with Gasteiger partial charge in [-0.15, -0.1) is 0 Å². The van der Waals surface area contributed by atoms with Crippen LogP contribution in [-0.2, 0) is 11.2 Å². The van der Waals surface area contributed by atoms with Gasteiger partial charge in [0.25, 0.3) is 0 Å². The number of nitrogens with zero attached hydrogens (tertiary/aromatic N) is 2. The lowest BCUT2D eigenvalue weighted by Gasteiger charge is -2.53. The molecule has 0 aromatic carbocycles. The number of ether oxygens (including phenoxy) is 1. The zero-order valence-corrected chi connectivity index (χ0v) is 18.6. The molecule has 0 radical (unpaired) electrons. The first-order chi connectivity index (χ1) is 14.0. The summed E-state index contributed by atoms with van der Waals surface area (Å²) in [4.78, 5) is 2.76. The Hall–Kier alpha value is -1.59. The summed E-state index contributed by atoms with van der Waals surface area (Å²) in [5.74, 6) is 1.01. The van der Waals surface area contributed by atoms with Gasteiger partial charge in [0, 0.05) is 28.6 Å². The zero-order chi connectivity index (χ0) is 19.9. The highest BCUT2D eigenvalue weighted by Crippen LogP contribution is 2.55. The van der Waals surface area contributed by atoms with Crippen molar-refractivity contribution in [2.24, 2.45) is 5.41 Å². The summed E-state index contributed by atoms with van der Waals surface area (Å²) in [7, 11) is 0. The number of thiol groups is 1. The molecular formula is C24H31N3OS. The van der Waals surface area contributed by atoms with Gasteiger partial charge in [0.1, 0.15) is 5.76 Å². The Bertz CT molecular complexity index is 1070. The van der Waals surface area contributed by atoms with Crippen molar-refractivity contribution in [2.75, 3.05) is 13.1 Å². The highest BCUT2D eigenvalue weighted by atomic mass is 32.1. The Kier molecular flexibility index (Phi) is 3.90. The Morgan fingerprint density at radius 2 is 2.17 bits per heavy atom. The van der Waals surface area contributed by atoms with E-state index in [1.165, 1.54) is 48.6 Å². The first-order valence-electron chi connectivity index (χ1n) is 11.2. The van der Waals surface area contributed by atoms with Crippen LogP contribution >= 0.6 is 12.6 Å². The second kappa shape index (κ2) is 6.21. The fourth-order valence-corrected chi connectivity index (χ4v) is 6.72. The summed E-state index contributed by atoms with van der Waals surface area (Å²) in [6, 6.07) is 0.496. The fraction of sp³-hybridized carbons (Fsp3) is 0.583. The molecule has 6 rings (SSSR count). The maximum atomic E-state index is 6.33. The van der Waals surface area contributed by atoms with Gasteiger partial charge in [0.15, 0.2) is 0 Å². The van der Waals surface area contributed by atoms with E-state index in [9.17, 15) is 0 Å². The average molecular weight is 410 g/mol. The molecule has 1 aliphatic carbocycles. The van der Waals surface area contributed by atoms with Crippen molar-refractivity contribution in [3.05, 3.63) is 39.4 Å². The summed E-state index contributed by atoms with van der Waals surface area (Å²) in [5, 5.41) is 6.72. The highest BCUT2D eigenvalue weighted by Gasteiger charge is 2.51. The van der Waals surface area contributed by atoms with E-state index >= 15 is 0 Å². The van der Waals surface area contributed by atoms with Crippen LogP contribution in [0.2, 0.25) is 0 Å². The largest absolute Gasteiger partial charge is 0.468 e. The van der Waals surface area contributed by atoms with Gasteiger partial charge in [-0.25, -0.2) is 0 Å². The van der Waals surface area contributed by atoms with Crippen LogP contribution in [0.25, 0.3) is 17.8 Å². The molecule has 0 bridgehead atoms. The molecule has 5 heterocycles. The first-order valence-corrected chi connectivity index (χ1v) is 11.8. The molecule has 4 nitrogen and oxygen atoms in total. The number of hydrogen-bond acceptors (Lipinski definition) is 4. The predicted molar refractivity (Wildman–Crippen MR) is 121 cm³/mol. The number of allylic oxidation sites excluding steroid dienone is 2. The molecule has 5 heteroatoms. The predicted octanol–water partition coefficient (Wildman–Crippen LogP) is 2.89. The molecule has 1 aromatic rings. The fourth-order valence-electron chi connectivity index (χ4n) is 6.47. The minimum atomic E-state index is -0.106. The molecule has 4 atom stereocenters. The molecular weight excluding hydrogens is 378 g/mol. The van der Waals surface area contributed by atoms with Crippen molar-refractivity contribution in [3.8, 4) is 0 Å². The minimum absolute atomic E-state index is 0.106. The number of rotatable bonds is 2. The lowest BCUT2D eigenvalue weighted by Crippen LogP contribution is -2.52. The summed E-state index contributed by atoms with van der Waals surface area (Å²) in [6.07, 6.45) is 13.2. The molecule has 1 fully saturated rings. The lowest BCUT2D eigenvalue weighted by atomic mass is 9.66. The van der Waals surface area contributed by atoms with Crippen molar-refractivity contribution in [1.29, 1.82) is 0 Å². The van der Waals surface area contributed by atoms with Crippen molar-refractivity contribution in [3.63, 3.8) is 0 Å². The third kappa shape index (κ3) is 2.37. The Balaban J connectivity index is 1.65. The van der Waals surface area contributed by atoms with Gasteiger partial charge in [0.05, 0.1) is 17.1 Å². The van der Waals surface area contributed by atoms with Crippen LogP contribution in [0.15, 0.2) is 17.5 Å². The second-order valence-corrected chi connectivity index (χ2v) is 10.1. The van der Waals surface area contributed by atoms with Crippen LogP contribution in [0.1, 0.15) is 63.8 Å². The molecule has 3 unspecified atom stereocenters.